The monoisotopic (exact) mass is 1590 g/mol. The molecule has 25 aromatic carbocycles. The van der Waals surface area contributed by atoms with Crippen LogP contribution in [0.25, 0.3) is 262 Å². The third-order valence-corrected chi connectivity index (χ3v) is 27.1. The molecule has 0 saturated heterocycles. The molecule has 27 rings (SSSR count). The molecule has 0 fully saturated rings. The number of rotatable bonds is 8. The van der Waals surface area contributed by atoms with E-state index in [1.165, 1.54) is 262 Å². The van der Waals surface area contributed by atoms with Gasteiger partial charge in [0.2, 0.25) is 0 Å². The van der Waals surface area contributed by atoms with Crippen molar-refractivity contribution in [3.05, 3.63) is 461 Å². The minimum atomic E-state index is 1.17. The molecule has 0 aliphatic rings. The second kappa shape index (κ2) is 28.6. The molecule has 0 saturated carbocycles. The maximum absolute atomic E-state index is 2.47. The fraction of sp³-hybridized carbons (Fsp3) is 0. The Kier molecular flexibility index (Phi) is 16.1. The van der Waals surface area contributed by atoms with Crippen LogP contribution in [-0.2, 0) is 0 Å². The van der Waals surface area contributed by atoms with E-state index in [9.17, 15) is 0 Å². The summed E-state index contributed by atoms with van der Waals surface area (Å²) in [6.45, 7) is 0. The van der Waals surface area contributed by atoms with Gasteiger partial charge in [0.25, 0.3) is 0 Å². The van der Waals surface area contributed by atoms with Gasteiger partial charge in [-0.25, -0.2) is 0 Å². The molecule has 0 N–H and O–H groups in total. The van der Waals surface area contributed by atoms with E-state index in [2.05, 4.69) is 470 Å². The van der Waals surface area contributed by atoms with Crippen molar-refractivity contribution < 1.29 is 0 Å². The fourth-order valence-electron chi connectivity index (χ4n) is 21.5. The zero-order valence-electron chi connectivity index (χ0n) is 68.8. The van der Waals surface area contributed by atoms with Crippen LogP contribution in [0.3, 0.4) is 0 Å². The molecule has 126 heavy (non-hydrogen) atoms. The van der Waals surface area contributed by atoms with E-state index < -0.39 is 0 Å². The maximum atomic E-state index is 2.47. The van der Waals surface area contributed by atoms with E-state index in [0.29, 0.717) is 0 Å². The average molecular weight is 1590 g/mol. The Morgan fingerprint density at radius 2 is 0.389 bits per heavy atom. The molecule has 2 aromatic heterocycles. The van der Waals surface area contributed by atoms with E-state index in [1.54, 1.807) is 0 Å². The molecule has 0 spiro atoms. The highest BCUT2D eigenvalue weighted by Gasteiger charge is 2.25. The highest BCUT2D eigenvalue weighted by molar-refractivity contribution is 6.31. The quantitative estimate of drug-likeness (QED) is 0.134. The van der Waals surface area contributed by atoms with Crippen LogP contribution in [0.4, 0.5) is 0 Å². The summed E-state index contributed by atoms with van der Waals surface area (Å²) in [6, 6.07) is 171. The van der Waals surface area contributed by atoms with E-state index in [-0.39, 0.29) is 0 Å². The molecule has 2 heteroatoms. The third kappa shape index (κ3) is 11.3. The van der Waals surface area contributed by atoms with Crippen molar-refractivity contribution in [2.24, 2.45) is 0 Å². The van der Waals surface area contributed by atoms with E-state index in [4.69, 9.17) is 0 Å². The van der Waals surface area contributed by atoms with E-state index >= 15 is 0 Å². The molecule has 2 heterocycles. The summed E-state index contributed by atoms with van der Waals surface area (Å²) in [5.74, 6) is 0. The predicted molar refractivity (Wildman–Crippen MR) is 542 cm³/mol. The smallest absolute Gasteiger partial charge is 0.0547 e. The van der Waals surface area contributed by atoms with Crippen LogP contribution in [0.5, 0.6) is 0 Å². The van der Waals surface area contributed by atoms with Crippen LogP contribution in [0, 0.1) is 0 Å². The molecule has 0 radical (unpaired) electrons. The van der Waals surface area contributed by atoms with Crippen molar-refractivity contribution in [1.82, 2.24) is 9.13 Å². The van der Waals surface area contributed by atoms with Crippen molar-refractivity contribution in [3.8, 4) is 78.1 Å². The van der Waals surface area contributed by atoms with Gasteiger partial charge in [-0.3, -0.25) is 0 Å². The number of hydrogen-bond donors (Lipinski definition) is 0. The Morgan fingerprint density at radius 1 is 0.119 bits per heavy atom. The first kappa shape index (κ1) is 71.2. The lowest BCUT2D eigenvalue weighted by molar-refractivity contribution is 1.19. The van der Waals surface area contributed by atoms with Gasteiger partial charge < -0.3 is 9.13 Å². The minimum absolute atomic E-state index is 1.17. The number of hydrogen-bond acceptors (Lipinski definition) is 0. The van der Waals surface area contributed by atoms with Gasteiger partial charge in [-0.2, -0.15) is 0 Å². The van der Waals surface area contributed by atoms with Crippen LogP contribution >= 0.6 is 0 Å². The largest absolute Gasteiger partial charge is 0.309 e. The molecule has 0 unspecified atom stereocenters. The first-order valence-electron chi connectivity index (χ1n) is 43.7. The normalized spacial score (nSPS) is 12.0. The van der Waals surface area contributed by atoms with Gasteiger partial charge in [0.05, 0.1) is 22.1 Å². The second-order valence-corrected chi connectivity index (χ2v) is 34.0. The summed E-state index contributed by atoms with van der Waals surface area (Å²) in [5.41, 5.74) is 22.1. The molecule has 0 atom stereocenters. The van der Waals surface area contributed by atoms with Gasteiger partial charge in [0.15, 0.2) is 0 Å². The first-order valence-corrected chi connectivity index (χ1v) is 43.7. The van der Waals surface area contributed by atoms with Crippen LogP contribution in [-0.4, -0.2) is 9.13 Å². The van der Waals surface area contributed by atoms with Crippen molar-refractivity contribution in [2.75, 3.05) is 0 Å². The summed E-state index contributed by atoms with van der Waals surface area (Å²) in [4.78, 5) is 0. The highest BCUT2D eigenvalue weighted by atomic mass is 15.0. The molecule has 582 valence electrons. The molecule has 0 bridgehead atoms. The highest BCUT2D eigenvalue weighted by Crippen LogP contribution is 2.51. The van der Waals surface area contributed by atoms with E-state index in [0.717, 1.165) is 0 Å². The van der Waals surface area contributed by atoms with Crippen LogP contribution in [0.15, 0.2) is 461 Å². The number of fused-ring (bicyclic) bond motifs is 23. The van der Waals surface area contributed by atoms with Gasteiger partial charge >= 0.3 is 0 Å². The molecule has 2 nitrogen and oxygen atoms in total. The predicted octanol–water partition coefficient (Wildman–Crippen LogP) is 34.6. The first-order chi connectivity index (χ1) is 62.5. The van der Waals surface area contributed by atoms with Crippen molar-refractivity contribution in [2.45, 2.75) is 0 Å². The second-order valence-electron chi connectivity index (χ2n) is 34.0. The SMILES string of the molecule is c1ccc(-c2c3ccccc3c(-c3ccc4cc5cc(-n6c7ccc8ccccc8c7c7c8ccccc8ccc76)ccc5cc4c3)c3ccc(-c4cccc5ccccc45)cc23)cc1.c1ccc(-c2ccc3c(-c4ccc5cc6cc(-n7c8ccc9ccccc9c8c8c9ccccc9ccc87)ccc6cc5c4)c4ccccc4c(-c4ccccc4)c3c2)cc1. The number of nitrogens with zero attached hydrogens (tertiary/aromatic N) is 2. The third-order valence-electron chi connectivity index (χ3n) is 27.1. The molecule has 27 aromatic rings. The van der Waals surface area contributed by atoms with Crippen LogP contribution < -0.4 is 0 Å². The Hall–Kier alpha value is -16.5. The zero-order chi connectivity index (χ0) is 82.6. The summed E-state index contributed by atoms with van der Waals surface area (Å²) in [7, 11) is 0. The van der Waals surface area contributed by atoms with Gasteiger partial charge in [-0.15, -0.1) is 0 Å². The molecular weight excluding hydrogens is 1520 g/mol. The summed E-state index contributed by atoms with van der Waals surface area (Å²) in [5, 5.41) is 37.8. The molecule has 0 aliphatic heterocycles. The van der Waals surface area contributed by atoms with Gasteiger partial charge in [-0.05, 0) is 304 Å². The average Bonchev–Trinajstić information content (AvgIpc) is 1.29. The van der Waals surface area contributed by atoms with Crippen molar-refractivity contribution in [3.63, 3.8) is 0 Å². The lowest BCUT2D eigenvalue weighted by Crippen LogP contribution is -1.94. The van der Waals surface area contributed by atoms with Gasteiger partial charge in [0.1, 0.15) is 0 Å². The lowest BCUT2D eigenvalue weighted by atomic mass is 9.84. The summed E-state index contributed by atoms with van der Waals surface area (Å²) in [6.07, 6.45) is 0. The number of aromatic nitrogens is 2. The fourth-order valence-corrected chi connectivity index (χ4v) is 21.5. The topological polar surface area (TPSA) is 9.86 Å². The standard InChI is InChI=1S/C64H39N.C60H37N/c1-2-16-43(17-3-1)61-55-22-10-11-23-56(55)62(57-32-28-46(39-58(57)61)52-24-12-18-40-13-4-7-19-51(40)52)47-26-25-44-36-49-38-50(31-27-45(49)35-48(44)37-47)65-59-33-29-41-14-5-8-20-53(41)63(59)64-54-21-9-6-15-42(54)30-34-60(64)65;1-3-13-38(14-4-1)44-26-30-53-54(37-44)57(41-17-5-2-6-18-41)51-21-11-12-22-52(51)58(53)45-24-23-42-34-47-36-48(29-25-43(47)33-46(42)35-45)61-55-31-27-39-15-7-9-19-49(39)59(55)60-50-20-10-8-16-40(50)28-32-56(60)61/h1-39H;1-37H. The lowest BCUT2D eigenvalue weighted by Gasteiger charge is -2.19. The maximum Gasteiger partial charge on any atom is 0.0547 e. The van der Waals surface area contributed by atoms with Crippen molar-refractivity contribution in [1.29, 1.82) is 0 Å². The Balaban J connectivity index is 0.000000134. The van der Waals surface area contributed by atoms with E-state index in [1.807, 2.05) is 0 Å². The van der Waals surface area contributed by atoms with Gasteiger partial charge in [0, 0.05) is 32.9 Å². The minimum Gasteiger partial charge on any atom is -0.309 e. The Bertz CT molecular complexity index is 9080. The molecule has 0 amide bonds. The zero-order valence-corrected chi connectivity index (χ0v) is 68.8. The van der Waals surface area contributed by atoms with Crippen molar-refractivity contribution >= 4 is 184 Å². The summed E-state index contributed by atoms with van der Waals surface area (Å²) >= 11 is 0. The molecular formula is C124H76N2. The van der Waals surface area contributed by atoms with Crippen LogP contribution in [0.1, 0.15) is 0 Å². The Labute approximate surface area is 726 Å². The van der Waals surface area contributed by atoms with Crippen LogP contribution in [0.2, 0.25) is 0 Å². The Morgan fingerprint density at radius 3 is 0.778 bits per heavy atom. The summed E-state index contributed by atoms with van der Waals surface area (Å²) < 4.78 is 4.94. The van der Waals surface area contributed by atoms with Gasteiger partial charge in [-0.1, -0.05) is 364 Å². The number of benzene rings is 25. The molecule has 0 aliphatic carbocycles.